The fourth-order valence-electron chi connectivity index (χ4n) is 2.12. The molecule has 0 aliphatic heterocycles. The first kappa shape index (κ1) is 11.6. The van der Waals surface area contributed by atoms with Gasteiger partial charge < -0.3 is 0 Å². The van der Waals surface area contributed by atoms with E-state index in [2.05, 4.69) is 30.5 Å². The molecule has 8 nitrogen and oxygen atoms in total. The fraction of sp³-hybridized carbons (Fsp3) is 0.0769. The average molecular weight is 278 g/mol. The van der Waals surface area contributed by atoms with Crippen LogP contribution in [0.1, 0.15) is 0 Å². The van der Waals surface area contributed by atoms with Crippen molar-refractivity contribution in [3.63, 3.8) is 0 Å². The van der Waals surface area contributed by atoms with Crippen molar-refractivity contribution >= 4 is 11.0 Å². The molecule has 0 N–H and O–H groups in total. The number of tetrazole rings is 1. The Balaban J connectivity index is 1.85. The molecule has 21 heavy (non-hydrogen) atoms. The van der Waals surface area contributed by atoms with E-state index in [4.69, 9.17) is 0 Å². The Bertz CT molecular complexity index is 908. The van der Waals surface area contributed by atoms with E-state index in [0.717, 1.165) is 16.6 Å². The standard InChI is InChI=1S/C13H10N8/c1-20-12-10(7-16-20)13(15-8-14-12)21-18-11(17-19-21)9-5-3-2-4-6-9/h2-8H,1H3. The molecular formula is C13H10N8. The molecule has 1 aromatic carbocycles. The summed E-state index contributed by atoms with van der Waals surface area (Å²) in [5, 5.41) is 17.5. The molecule has 0 spiro atoms. The summed E-state index contributed by atoms with van der Waals surface area (Å²) in [7, 11) is 1.82. The monoisotopic (exact) mass is 278 g/mol. The summed E-state index contributed by atoms with van der Waals surface area (Å²) >= 11 is 0. The lowest BCUT2D eigenvalue weighted by Gasteiger charge is -1.98. The summed E-state index contributed by atoms with van der Waals surface area (Å²) in [5.41, 5.74) is 1.62. The zero-order valence-electron chi connectivity index (χ0n) is 11.1. The predicted molar refractivity (Wildman–Crippen MR) is 74.5 cm³/mol. The topological polar surface area (TPSA) is 87.2 Å². The van der Waals surface area contributed by atoms with Crippen molar-refractivity contribution in [2.24, 2.45) is 7.05 Å². The third kappa shape index (κ3) is 1.84. The van der Waals surface area contributed by atoms with Gasteiger partial charge in [-0.15, -0.1) is 15.0 Å². The second-order valence-electron chi connectivity index (χ2n) is 4.47. The van der Waals surface area contributed by atoms with Crippen LogP contribution in [-0.2, 0) is 7.05 Å². The molecular weight excluding hydrogens is 268 g/mol. The smallest absolute Gasteiger partial charge is 0.205 e. The van der Waals surface area contributed by atoms with Crippen LogP contribution >= 0.6 is 0 Å². The molecule has 4 aromatic rings. The molecule has 0 unspecified atom stereocenters. The highest BCUT2D eigenvalue weighted by atomic mass is 15.6. The van der Waals surface area contributed by atoms with Crippen LogP contribution in [0.3, 0.4) is 0 Å². The van der Waals surface area contributed by atoms with Gasteiger partial charge in [0.1, 0.15) is 6.33 Å². The van der Waals surface area contributed by atoms with E-state index in [1.807, 2.05) is 37.4 Å². The van der Waals surface area contributed by atoms with Crippen molar-refractivity contribution in [1.82, 2.24) is 40.0 Å². The second-order valence-corrected chi connectivity index (χ2v) is 4.47. The van der Waals surface area contributed by atoms with Crippen LogP contribution in [0.15, 0.2) is 42.9 Å². The van der Waals surface area contributed by atoms with E-state index in [1.54, 1.807) is 10.9 Å². The van der Waals surface area contributed by atoms with Crippen molar-refractivity contribution in [3.8, 4) is 17.2 Å². The zero-order chi connectivity index (χ0) is 14.2. The number of aromatic nitrogens is 8. The van der Waals surface area contributed by atoms with E-state index in [-0.39, 0.29) is 0 Å². The number of aryl methyl sites for hydroxylation is 1. The van der Waals surface area contributed by atoms with Crippen molar-refractivity contribution in [1.29, 1.82) is 0 Å². The van der Waals surface area contributed by atoms with Crippen LogP contribution in [0.4, 0.5) is 0 Å². The van der Waals surface area contributed by atoms with Crippen molar-refractivity contribution in [3.05, 3.63) is 42.9 Å². The lowest BCUT2D eigenvalue weighted by molar-refractivity contribution is 0.704. The first-order valence-electron chi connectivity index (χ1n) is 6.31. The van der Waals surface area contributed by atoms with Gasteiger partial charge in [-0.2, -0.15) is 5.10 Å². The molecule has 0 aliphatic carbocycles. The molecule has 0 saturated carbocycles. The Hall–Kier alpha value is -3.16. The Kier molecular flexibility index (Phi) is 2.46. The molecule has 0 amide bonds. The lowest BCUT2D eigenvalue weighted by atomic mass is 10.2. The van der Waals surface area contributed by atoms with Gasteiger partial charge in [-0.1, -0.05) is 30.3 Å². The van der Waals surface area contributed by atoms with Gasteiger partial charge in [0.15, 0.2) is 11.5 Å². The number of fused-ring (bicyclic) bond motifs is 1. The van der Waals surface area contributed by atoms with E-state index < -0.39 is 0 Å². The zero-order valence-corrected chi connectivity index (χ0v) is 11.1. The third-order valence-electron chi connectivity index (χ3n) is 3.14. The van der Waals surface area contributed by atoms with E-state index >= 15 is 0 Å². The summed E-state index contributed by atoms with van der Waals surface area (Å²) in [6.45, 7) is 0. The molecule has 0 radical (unpaired) electrons. The number of rotatable bonds is 2. The van der Waals surface area contributed by atoms with E-state index in [0.29, 0.717) is 11.6 Å². The maximum atomic E-state index is 4.38. The maximum absolute atomic E-state index is 4.38. The number of benzene rings is 1. The van der Waals surface area contributed by atoms with Crippen LogP contribution in [0.2, 0.25) is 0 Å². The minimum Gasteiger partial charge on any atom is -0.250 e. The first-order valence-corrected chi connectivity index (χ1v) is 6.31. The third-order valence-corrected chi connectivity index (χ3v) is 3.14. The molecule has 0 aliphatic rings. The molecule has 3 aromatic heterocycles. The largest absolute Gasteiger partial charge is 0.250 e. The van der Waals surface area contributed by atoms with Gasteiger partial charge in [0.2, 0.25) is 5.82 Å². The van der Waals surface area contributed by atoms with Crippen LogP contribution in [0.5, 0.6) is 0 Å². The van der Waals surface area contributed by atoms with Gasteiger partial charge in [0, 0.05) is 12.6 Å². The van der Waals surface area contributed by atoms with Gasteiger partial charge in [-0.25, -0.2) is 9.97 Å². The van der Waals surface area contributed by atoms with Crippen LogP contribution in [0, 0.1) is 0 Å². The quantitative estimate of drug-likeness (QED) is 0.543. The van der Waals surface area contributed by atoms with Crippen LogP contribution in [-0.4, -0.2) is 40.0 Å². The highest BCUT2D eigenvalue weighted by Crippen LogP contribution is 2.17. The summed E-state index contributed by atoms with van der Waals surface area (Å²) < 4.78 is 1.68. The minimum absolute atomic E-state index is 0.547. The van der Waals surface area contributed by atoms with Gasteiger partial charge in [0.05, 0.1) is 11.6 Å². The molecule has 0 fully saturated rings. The predicted octanol–water partition coefficient (Wildman–Crippen LogP) is 1.01. The molecule has 8 heteroatoms. The SMILES string of the molecule is Cn1ncc2c(-n3nnc(-c4ccccc4)n3)ncnc21. The molecule has 0 bridgehead atoms. The van der Waals surface area contributed by atoms with Gasteiger partial charge in [-0.3, -0.25) is 4.68 Å². The van der Waals surface area contributed by atoms with E-state index in [1.165, 1.54) is 11.1 Å². The van der Waals surface area contributed by atoms with Gasteiger partial charge in [-0.05, 0) is 5.21 Å². The van der Waals surface area contributed by atoms with E-state index in [9.17, 15) is 0 Å². The molecule has 0 atom stereocenters. The molecule has 102 valence electrons. The Morgan fingerprint density at radius 2 is 1.90 bits per heavy atom. The highest BCUT2D eigenvalue weighted by Gasteiger charge is 2.13. The molecule has 3 heterocycles. The maximum Gasteiger partial charge on any atom is 0.205 e. The van der Waals surface area contributed by atoms with Crippen molar-refractivity contribution in [2.75, 3.05) is 0 Å². The Morgan fingerprint density at radius 3 is 2.76 bits per heavy atom. The number of nitrogens with zero attached hydrogens (tertiary/aromatic N) is 8. The highest BCUT2D eigenvalue weighted by molar-refractivity contribution is 5.81. The summed E-state index contributed by atoms with van der Waals surface area (Å²) in [4.78, 5) is 9.82. The second kappa shape index (κ2) is 4.44. The van der Waals surface area contributed by atoms with Crippen LogP contribution < -0.4 is 0 Å². The Morgan fingerprint density at radius 1 is 1.05 bits per heavy atom. The molecule has 4 rings (SSSR count). The lowest BCUT2D eigenvalue weighted by Crippen LogP contribution is -2.03. The molecule has 0 saturated heterocycles. The summed E-state index contributed by atoms with van der Waals surface area (Å²) in [6, 6.07) is 9.67. The van der Waals surface area contributed by atoms with Gasteiger partial charge >= 0.3 is 0 Å². The normalized spacial score (nSPS) is 11.1. The van der Waals surface area contributed by atoms with Crippen molar-refractivity contribution < 1.29 is 0 Å². The number of hydrogen-bond acceptors (Lipinski definition) is 6. The summed E-state index contributed by atoms with van der Waals surface area (Å²) in [5.74, 6) is 1.11. The minimum atomic E-state index is 0.547. The fourth-order valence-corrected chi connectivity index (χ4v) is 2.12. The number of hydrogen-bond donors (Lipinski definition) is 0. The van der Waals surface area contributed by atoms with Gasteiger partial charge in [0.25, 0.3) is 0 Å². The van der Waals surface area contributed by atoms with Crippen LogP contribution in [0.25, 0.3) is 28.2 Å². The first-order chi connectivity index (χ1) is 10.3. The summed E-state index contributed by atoms with van der Waals surface area (Å²) in [6.07, 6.45) is 3.15. The Labute approximate surface area is 119 Å². The van der Waals surface area contributed by atoms with Crippen molar-refractivity contribution in [2.45, 2.75) is 0 Å². The average Bonchev–Trinajstić information content (AvgIpc) is 3.16.